The van der Waals surface area contributed by atoms with Gasteiger partial charge in [0.25, 0.3) is 0 Å². The number of aryl methyl sites for hydroxylation is 2. The lowest BCUT2D eigenvalue weighted by atomic mass is 9.93. The van der Waals surface area contributed by atoms with Crippen LogP contribution >= 0.6 is 23.2 Å². The first-order chi connectivity index (χ1) is 22.4. The van der Waals surface area contributed by atoms with E-state index >= 15 is 0 Å². The van der Waals surface area contributed by atoms with E-state index in [0.29, 0.717) is 23.3 Å². The molecule has 46 heavy (non-hydrogen) atoms. The fourth-order valence-corrected chi connectivity index (χ4v) is 7.43. The van der Waals surface area contributed by atoms with Crippen molar-refractivity contribution >= 4 is 35.1 Å². The van der Waals surface area contributed by atoms with E-state index in [1.54, 1.807) is 0 Å². The number of esters is 2. The highest BCUT2D eigenvalue weighted by Crippen LogP contribution is 2.44. The summed E-state index contributed by atoms with van der Waals surface area (Å²) in [6.45, 7) is 4.80. The van der Waals surface area contributed by atoms with Gasteiger partial charge in [0, 0.05) is 34.3 Å². The topological polar surface area (TPSA) is 76.7 Å². The molecule has 0 bridgehead atoms. The Morgan fingerprint density at radius 3 is 1.48 bits per heavy atom. The second-order valence-corrected chi connectivity index (χ2v) is 12.5. The van der Waals surface area contributed by atoms with E-state index in [9.17, 15) is 9.59 Å². The van der Waals surface area contributed by atoms with Crippen molar-refractivity contribution in [2.45, 2.75) is 51.6 Å². The van der Waals surface area contributed by atoms with Gasteiger partial charge in [0.1, 0.15) is 0 Å². The quantitative estimate of drug-likeness (QED) is 0.158. The molecule has 0 saturated carbocycles. The number of nitrogens with one attached hydrogen (secondary N) is 2. The van der Waals surface area contributed by atoms with Gasteiger partial charge in [-0.2, -0.15) is 0 Å². The fourth-order valence-electron chi connectivity index (χ4n) is 6.76. The Morgan fingerprint density at radius 1 is 0.652 bits per heavy atom. The zero-order chi connectivity index (χ0) is 32.2. The predicted molar refractivity (Wildman–Crippen MR) is 184 cm³/mol. The molecule has 2 N–H and O–H groups in total. The van der Waals surface area contributed by atoms with Crippen molar-refractivity contribution in [1.82, 2.24) is 10.6 Å². The molecular weight excluding hydrogens is 619 g/mol. The summed E-state index contributed by atoms with van der Waals surface area (Å²) >= 11 is 14.3. The molecule has 0 heterocycles. The Labute approximate surface area is 280 Å². The summed E-state index contributed by atoms with van der Waals surface area (Å²) in [6, 6.07) is 25.3. The second-order valence-electron chi connectivity index (χ2n) is 11.7. The lowest BCUT2D eigenvalue weighted by molar-refractivity contribution is -0.143. The summed E-state index contributed by atoms with van der Waals surface area (Å²) in [6.07, 6.45) is 3.72. The maximum absolute atomic E-state index is 11.9. The highest BCUT2D eigenvalue weighted by molar-refractivity contribution is 6.39. The van der Waals surface area contributed by atoms with E-state index in [0.717, 1.165) is 59.1 Å². The highest BCUT2D eigenvalue weighted by Gasteiger charge is 2.25. The number of carbonyl (C=O) groups excluding carboxylic acids is 2. The first-order valence-corrected chi connectivity index (χ1v) is 16.7. The summed E-state index contributed by atoms with van der Waals surface area (Å²) in [5, 5.41) is 7.99. The summed E-state index contributed by atoms with van der Waals surface area (Å²) in [7, 11) is 0. The van der Waals surface area contributed by atoms with Crippen LogP contribution in [-0.4, -0.2) is 38.2 Å². The predicted octanol–water partition coefficient (Wildman–Crippen LogP) is 8.27. The van der Waals surface area contributed by atoms with Crippen LogP contribution in [0.25, 0.3) is 33.4 Å². The number of halogens is 2. The molecule has 0 amide bonds. The van der Waals surface area contributed by atoms with Gasteiger partial charge in [-0.05, 0) is 72.9 Å². The molecule has 0 saturated heterocycles. The molecule has 0 aromatic heterocycles. The molecule has 0 spiro atoms. The van der Waals surface area contributed by atoms with Gasteiger partial charge >= 0.3 is 11.9 Å². The Bertz CT molecular complexity index is 1640. The monoisotopic (exact) mass is 656 g/mol. The number of fused-ring (bicyclic) bond motifs is 2. The van der Waals surface area contributed by atoms with Crippen LogP contribution in [0.1, 0.15) is 61.0 Å². The molecule has 4 aromatic carbocycles. The Balaban J connectivity index is 1.23. The van der Waals surface area contributed by atoms with Crippen LogP contribution < -0.4 is 10.6 Å². The lowest BCUT2D eigenvalue weighted by Crippen LogP contribution is -2.27. The van der Waals surface area contributed by atoms with Crippen molar-refractivity contribution in [2.75, 3.05) is 26.3 Å². The average Bonchev–Trinajstić information content (AvgIpc) is 3.66. The van der Waals surface area contributed by atoms with Gasteiger partial charge in [0.2, 0.25) is 0 Å². The van der Waals surface area contributed by atoms with E-state index in [4.69, 9.17) is 32.7 Å². The molecule has 6 rings (SSSR count). The van der Waals surface area contributed by atoms with Crippen molar-refractivity contribution in [2.24, 2.45) is 0 Å². The van der Waals surface area contributed by atoms with Gasteiger partial charge < -0.3 is 20.1 Å². The number of rotatable bonds is 11. The van der Waals surface area contributed by atoms with Gasteiger partial charge in [-0.15, -0.1) is 0 Å². The van der Waals surface area contributed by atoms with Crippen LogP contribution in [0.15, 0.2) is 72.8 Å². The molecule has 6 nitrogen and oxygen atoms in total. The van der Waals surface area contributed by atoms with Crippen LogP contribution in [0.3, 0.4) is 0 Å². The van der Waals surface area contributed by atoms with Gasteiger partial charge in [0.15, 0.2) is 0 Å². The summed E-state index contributed by atoms with van der Waals surface area (Å²) < 4.78 is 10.1. The van der Waals surface area contributed by atoms with Gasteiger partial charge in [0.05, 0.1) is 36.3 Å². The number of ether oxygens (including phenoxy) is 2. The third kappa shape index (κ3) is 6.72. The third-order valence-electron chi connectivity index (χ3n) is 8.95. The maximum atomic E-state index is 11.9. The Morgan fingerprint density at radius 2 is 1.07 bits per heavy atom. The molecule has 0 aliphatic heterocycles. The smallest absolute Gasteiger partial charge is 0.319 e. The lowest BCUT2D eigenvalue weighted by Gasteiger charge is -2.16. The highest BCUT2D eigenvalue weighted by atomic mass is 35.5. The Hall–Kier alpha value is -3.68. The first kappa shape index (κ1) is 32.3. The maximum Gasteiger partial charge on any atom is 0.319 e. The Kier molecular flexibility index (Phi) is 10.1. The minimum atomic E-state index is -0.233. The van der Waals surface area contributed by atoms with Crippen molar-refractivity contribution in [3.8, 4) is 33.4 Å². The SMILES string of the molecule is CCOC(=O)CNC1CCc2cc(-c3cccc(-c4cccc(-c5ccc6c(c5)CCC6NCC(=O)OCC)c4Cl)c3Cl)ccc21. The standard InChI is InChI=1S/C38H38Cl2N2O4/c1-3-45-35(43)21-41-33-17-13-23-19-25(11-15-27(23)33)29-7-5-9-31(37(29)39)32-10-6-8-30(38(32)40)26-12-16-28-24(20-26)14-18-34(28)42-22-36(44)46-4-2/h5-12,15-16,19-20,33-34,41-42H,3-4,13-14,17-18,21-22H2,1-2H3. The van der Waals surface area contributed by atoms with Crippen molar-refractivity contribution in [3.63, 3.8) is 0 Å². The van der Waals surface area contributed by atoms with Crippen LogP contribution in [0.4, 0.5) is 0 Å². The molecule has 0 radical (unpaired) electrons. The molecule has 2 aliphatic rings. The molecule has 4 aromatic rings. The molecule has 0 fully saturated rings. The van der Waals surface area contributed by atoms with E-state index in [1.807, 2.05) is 50.2 Å². The largest absolute Gasteiger partial charge is 0.465 e. The molecule has 238 valence electrons. The fraction of sp³-hybridized carbons (Fsp3) is 0.316. The summed E-state index contributed by atoms with van der Waals surface area (Å²) in [5.74, 6) is -0.465. The van der Waals surface area contributed by atoms with Crippen LogP contribution in [-0.2, 0) is 31.9 Å². The van der Waals surface area contributed by atoms with Crippen molar-refractivity contribution in [1.29, 1.82) is 0 Å². The van der Waals surface area contributed by atoms with E-state index in [-0.39, 0.29) is 37.1 Å². The third-order valence-corrected chi connectivity index (χ3v) is 9.76. The number of hydrogen-bond donors (Lipinski definition) is 2. The number of benzene rings is 4. The van der Waals surface area contributed by atoms with E-state index in [1.165, 1.54) is 22.3 Å². The first-order valence-electron chi connectivity index (χ1n) is 16.0. The van der Waals surface area contributed by atoms with E-state index < -0.39 is 0 Å². The molecule has 2 aliphatic carbocycles. The zero-order valence-electron chi connectivity index (χ0n) is 26.1. The van der Waals surface area contributed by atoms with Gasteiger partial charge in [-0.1, -0.05) is 96.0 Å². The van der Waals surface area contributed by atoms with Crippen LogP contribution in [0.2, 0.25) is 10.0 Å². The average molecular weight is 658 g/mol. The number of carbonyl (C=O) groups is 2. The van der Waals surface area contributed by atoms with Crippen molar-refractivity contribution in [3.05, 3.63) is 105 Å². The molecule has 8 heteroatoms. The summed E-state index contributed by atoms with van der Waals surface area (Å²) in [5.41, 5.74) is 10.7. The molecular formula is C38H38Cl2N2O4. The molecule has 2 unspecified atom stereocenters. The minimum Gasteiger partial charge on any atom is -0.465 e. The normalized spacial score (nSPS) is 16.6. The second kappa shape index (κ2) is 14.4. The van der Waals surface area contributed by atoms with E-state index in [2.05, 4.69) is 47.0 Å². The van der Waals surface area contributed by atoms with Crippen molar-refractivity contribution < 1.29 is 19.1 Å². The number of hydrogen-bond acceptors (Lipinski definition) is 6. The van der Waals surface area contributed by atoms with Crippen LogP contribution in [0, 0.1) is 0 Å². The molecule has 2 atom stereocenters. The zero-order valence-corrected chi connectivity index (χ0v) is 27.6. The van der Waals surface area contributed by atoms with Gasteiger partial charge in [-0.25, -0.2) is 0 Å². The van der Waals surface area contributed by atoms with Crippen LogP contribution in [0.5, 0.6) is 0 Å². The van der Waals surface area contributed by atoms with Gasteiger partial charge in [-0.3, -0.25) is 9.59 Å². The minimum absolute atomic E-state index is 0.128. The summed E-state index contributed by atoms with van der Waals surface area (Å²) in [4.78, 5) is 23.7.